The molecule has 9 heteroatoms. The number of likely N-dealkylation sites (N-methyl/N-ethyl adjacent to an activating group) is 1. The van der Waals surface area contributed by atoms with Gasteiger partial charge in [0.2, 0.25) is 5.91 Å². The molecule has 0 aromatic carbocycles. The first kappa shape index (κ1) is 68.0. The minimum atomic E-state index is -4.57. The molecule has 0 spiro atoms. The fourth-order valence-electron chi connectivity index (χ4n) is 9.19. The first-order valence-corrected chi connectivity index (χ1v) is 31.6. The summed E-state index contributed by atoms with van der Waals surface area (Å²) in [5.41, 5.74) is 0. The third kappa shape index (κ3) is 54.6. The number of aliphatic hydroxyl groups excluding tert-OH is 1. The number of unbranched alkanes of at least 4 members (excludes halogenated alkanes) is 39. The van der Waals surface area contributed by atoms with Crippen LogP contribution in [0.15, 0.2) is 24.3 Å². The Morgan fingerprint density at radius 3 is 1.20 bits per heavy atom. The van der Waals surface area contributed by atoms with Crippen LogP contribution in [0, 0.1) is 0 Å². The fourth-order valence-corrected chi connectivity index (χ4v) is 9.91. The van der Waals surface area contributed by atoms with Gasteiger partial charge in [0.1, 0.15) is 13.2 Å². The summed E-state index contributed by atoms with van der Waals surface area (Å²) in [7, 11) is 1.32. The van der Waals surface area contributed by atoms with Crippen molar-refractivity contribution in [2.45, 2.75) is 315 Å². The molecular formula is C60H119N2O6P. The molecule has 0 saturated carbocycles. The van der Waals surface area contributed by atoms with Crippen molar-refractivity contribution in [3.8, 4) is 0 Å². The molecule has 3 atom stereocenters. The molecule has 0 heterocycles. The maximum atomic E-state index is 13.0. The lowest BCUT2D eigenvalue weighted by Crippen LogP contribution is -2.46. The molecule has 0 aromatic rings. The van der Waals surface area contributed by atoms with E-state index in [1.54, 1.807) is 0 Å². The molecule has 2 N–H and O–H groups in total. The lowest BCUT2D eigenvalue weighted by atomic mass is 10.0. The number of carbonyl (C=O) groups is 1. The number of nitrogens with one attached hydrogen (secondary N) is 1. The van der Waals surface area contributed by atoms with Crippen molar-refractivity contribution in [3.63, 3.8) is 0 Å². The number of aliphatic hydroxyl groups is 1. The highest BCUT2D eigenvalue weighted by Gasteiger charge is 2.24. The molecule has 0 aromatic heterocycles. The van der Waals surface area contributed by atoms with Gasteiger partial charge in [-0.1, -0.05) is 276 Å². The van der Waals surface area contributed by atoms with Crippen LogP contribution < -0.4 is 10.2 Å². The van der Waals surface area contributed by atoms with E-state index >= 15 is 0 Å². The van der Waals surface area contributed by atoms with E-state index in [0.29, 0.717) is 23.9 Å². The molecule has 0 fully saturated rings. The second-order valence-electron chi connectivity index (χ2n) is 22.1. The molecule has 0 aliphatic heterocycles. The van der Waals surface area contributed by atoms with Gasteiger partial charge in [-0.25, -0.2) is 0 Å². The average Bonchev–Trinajstić information content (AvgIpc) is 3.31. The second kappa shape index (κ2) is 51.9. The molecule has 8 nitrogen and oxygen atoms in total. The third-order valence-corrected chi connectivity index (χ3v) is 14.9. The minimum Gasteiger partial charge on any atom is -0.756 e. The van der Waals surface area contributed by atoms with E-state index in [1.807, 2.05) is 21.1 Å². The van der Waals surface area contributed by atoms with Crippen molar-refractivity contribution < 1.29 is 32.9 Å². The highest BCUT2D eigenvalue weighted by atomic mass is 31.2. The second-order valence-corrected chi connectivity index (χ2v) is 23.5. The van der Waals surface area contributed by atoms with Crippen LogP contribution in [-0.2, 0) is 18.4 Å². The summed E-state index contributed by atoms with van der Waals surface area (Å²) in [6, 6.07) is -0.800. The SMILES string of the molecule is CCCCCCCCCCC/C=C\C/C=C\CCCCCCCCCCCCCCCC(=O)NC(COP(=O)([O-])OCC[N+](C)(C)C)C(O)CCCCCCCCCCCCCCCCCCCC. The summed E-state index contributed by atoms with van der Waals surface area (Å²) < 4.78 is 23.4. The van der Waals surface area contributed by atoms with Crippen molar-refractivity contribution in [3.05, 3.63) is 24.3 Å². The van der Waals surface area contributed by atoms with Crippen LogP contribution in [0.25, 0.3) is 0 Å². The number of hydrogen-bond donors (Lipinski definition) is 2. The standard InChI is InChI=1S/C60H119N2O6P/c1-6-8-10-12-14-16-18-20-22-24-26-27-28-29-30-31-32-33-34-35-36-38-40-42-44-46-48-50-52-54-60(64)61-58(57-68-69(65,66)67-56-55-62(3,4)5)59(63)53-51-49-47-45-43-41-39-37-25-23-21-19-17-15-13-11-9-7-2/h26-27,29-30,58-59,63H,6-25,28,31-57H2,1-5H3,(H-,61,64,65,66)/b27-26-,30-29-. The van der Waals surface area contributed by atoms with Crippen molar-refractivity contribution in [2.24, 2.45) is 0 Å². The van der Waals surface area contributed by atoms with Crippen LogP contribution in [-0.4, -0.2) is 68.5 Å². The van der Waals surface area contributed by atoms with Gasteiger partial charge in [0, 0.05) is 6.42 Å². The van der Waals surface area contributed by atoms with Crippen molar-refractivity contribution in [1.29, 1.82) is 0 Å². The summed E-state index contributed by atoms with van der Waals surface area (Å²) in [5.74, 6) is -0.161. The predicted molar refractivity (Wildman–Crippen MR) is 298 cm³/mol. The largest absolute Gasteiger partial charge is 0.756 e. The molecule has 0 saturated heterocycles. The smallest absolute Gasteiger partial charge is 0.268 e. The van der Waals surface area contributed by atoms with E-state index in [9.17, 15) is 19.4 Å². The highest BCUT2D eigenvalue weighted by molar-refractivity contribution is 7.45. The lowest BCUT2D eigenvalue weighted by Gasteiger charge is -2.30. The van der Waals surface area contributed by atoms with Gasteiger partial charge in [0.25, 0.3) is 7.82 Å². The van der Waals surface area contributed by atoms with Crippen LogP contribution in [0.4, 0.5) is 0 Å². The van der Waals surface area contributed by atoms with E-state index in [1.165, 1.54) is 231 Å². The van der Waals surface area contributed by atoms with E-state index in [0.717, 1.165) is 44.9 Å². The highest BCUT2D eigenvalue weighted by Crippen LogP contribution is 2.38. The molecule has 0 aliphatic rings. The predicted octanol–water partition coefficient (Wildman–Crippen LogP) is 17.7. The van der Waals surface area contributed by atoms with Gasteiger partial charge in [0.15, 0.2) is 0 Å². The Morgan fingerprint density at radius 1 is 0.507 bits per heavy atom. The topological polar surface area (TPSA) is 108 Å². The maximum absolute atomic E-state index is 13.0. The number of nitrogens with zero attached hydrogens (tertiary/aromatic N) is 1. The Kier molecular flexibility index (Phi) is 51.1. The van der Waals surface area contributed by atoms with E-state index in [4.69, 9.17) is 9.05 Å². The lowest BCUT2D eigenvalue weighted by molar-refractivity contribution is -0.870. The van der Waals surface area contributed by atoms with Crippen LogP contribution in [0.1, 0.15) is 303 Å². The number of phosphoric acid groups is 1. The van der Waals surface area contributed by atoms with E-state index in [-0.39, 0.29) is 19.1 Å². The molecule has 0 bridgehead atoms. The zero-order valence-electron chi connectivity index (χ0n) is 46.8. The summed E-state index contributed by atoms with van der Waals surface area (Å²) in [6.07, 6.45) is 65.0. The minimum absolute atomic E-state index is 0.0137. The number of carbonyl (C=O) groups excluding carboxylic acids is 1. The maximum Gasteiger partial charge on any atom is 0.268 e. The number of rotatable bonds is 56. The average molecular weight is 996 g/mol. The fraction of sp³-hybridized carbons (Fsp3) is 0.917. The Bertz CT molecular complexity index is 1170. The van der Waals surface area contributed by atoms with Gasteiger partial charge in [0.05, 0.1) is 39.9 Å². The molecule has 1 amide bonds. The van der Waals surface area contributed by atoms with Gasteiger partial charge in [-0.05, 0) is 44.9 Å². The number of phosphoric ester groups is 1. The van der Waals surface area contributed by atoms with Crippen LogP contribution in [0.3, 0.4) is 0 Å². The summed E-state index contributed by atoms with van der Waals surface area (Å²) in [4.78, 5) is 25.5. The molecule has 0 rings (SSSR count). The Balaban J connectivity index is 4.09. The first-order valence-electron chi connectivity index (χ1n) is 30.2. The van der Waals surface area contributed by atoms with Crippen molar-refractivity contribution >= 4 is 13.7 Å². The molecular weight excluding hydrogens is 876 g/mol. The zero-order chi connectivity index (χ0) is 50.6. The number of hydrogen-bond acceptors (Lipinski definition) is 6. The summed E-state index contributed by atoms with van der Waals surface area (Å²) in [5, 5.41) is 14.0. The molecule has 3 unspecified atom stereocenters. The van der Waals surface area contributed by atoms with Gasteiger partial charge >= 0.3 is 0 Å². The van der Waals surface area contributed by atoms with Gasteiger partial charge in [-0.3, -0.25) is 9.36 Å². The normalized spacial score (nSPS) is 14.0. The summed E-state index contributed by atoms with van der Waals surface area (Å²) in [6.45, 7) is 4.76. The zero-order valence-corrected chi connectivity index (χ0v) is 47.7. The van der Waals surface area contributed by atoms with Crippen LogP contribution in [0.2, 0.25) is 0 Å². The quantitative estimate of drug-likeness (QED) is 0.0272. The van der Waals surface area contributed by atoms with Gasteiger partial charge in [-0.2, -0.15) is 0 Å². The number of allylic oxidation sites excluding steroid dienone is 4. The Labute approximate surface area is 430 Å². The Morgan fingerprint density at radius 2 is 0.841 bits per heavy atom. The van der Waals surface area contributed by atoms with Crippen molar-refractivity contribution in [1.82, 2.24) is 5.32 Å². The van der Waals surface area contributed by atoms with Crippen LogP contribution >= 0.6 is 7.82 Å². The summed E-state index contributed by atoms with van der Waals surface area (Å²) >= 11 is 0. The van der Waals surface area contributed by atoms with Gasteiger partial charge in [-0.15, -0.1) is 0 Å². The number of amides is 1. The van der Waals surface area contributed by atoms with E-state index in [2.05, 4.69) is 43.5 Å². The monoisotopic (exact) mass is 995 g/mol. The molecule has 410 valence electrons. The third-order valence-electron chi connectivity index (χ3n) is 13.9. The first-order chi connectivity index (χ1) is 33.5. The van der Waals surface area contributed by atoms with Crippen molar-refractivity contribution in [2.75, 3.05) is 40.9 Å². The van der Waals surface area contributed by atoms with Crippen LogP contribution in [0.5, 0.6) is 0 Å². The van der Waals surface area contributed by atoms with E-state index < -0.39 is 20.0 Å². The van der Waals surface area contributed by atoms with Gasteiger partial charge < -0.3 is 28.8 Å². The molecule has 0 aliphatic carbocycles. The number of quaternary nitrogens is 1. The Hall–Kier alpha value is -1.02. The molecule has 69 heavy (non-hydrogen) atoms. The molecule has 0 radical (unpaired) electrons.